The molecule has 13 heavy (non-hydrogen) atoms. The summed E-state index contributed by atoms with van der Waals surface area (Å²) < 4.78 is 3.90. The van der Waals surface area contributed by atoms with Crippen LogP contribution < -0.4 is 0 Å². The van der Waals surface area contributed by atoms with Crippen molar-refractivity contribution in [2.45, 2.75) is 6.42 Å². The standard InChI is InChI=1S/C9H7NOS2/c11-8(9-3-4-10-13-9)6-7-2-1-5-12-7/h1-5H,6H2. The molecule has 0 aliphatic carbocycles. The second-order valence-corrected chi connectivity index (χ2v) is 4.42. The summed E-state index contributed by atoms with van der Waals surface area (Å²) >= 11 is 2.87. The zero-order chi connectivity index (χ0) is 9.10. The third-order valence-electron chi connectivity index (χ3n) is 1.63. The van der Waals surface area contributed by atoms with Crippen LogP contribution in [0.25, 0.3) is 0 Å². The molecule has 0 bridgehead atoms. The van der Waals surface area contributed by atoms with E-state index in [1.165, 1.54) is 11.5 Å². The van der Waals surface area contributed by atoms with Crippen LogP contribution in [-0.2, 0) is 6.42 Å². The summed E-state index contributed by atoms with van der Waals surface area (Å²) in [6.07, 6.45) is 2.16. The minimum Gasteiger partial charge on any atom is -0.293 e. The predicted octanol–water partition coefficient (Wildman–Crippen LogP) is 2.63. The maximum Gasteiger partial charge on any atom is 0.179 e. The fourth-order valence-electron chi connectivity index (χ4n) is 1.02. The highest BCUT2D eigenvalue weighted by molar-refractivity contribution is 7.10. The van der Waals surface area contributed by atoms with Gasteiger partial charge in [0.25, 0.3) is 0 Å². The number of rotatable bonds is 3. The number of nitrogens with zero attached hydrogens (tertiary/aromatic N) is 1. The molecule has 0 spiro atoms. The second kappa shape index (κ2) is 3.81. The lowest BCUT2D eigenvalue weighted by Gasteiger charge is -1.92. The molecule has 0 atom stereocenters. The summed E-state index contributed by atoms with van der Waals surface area (Å²) in [5, 5.41) is 1.98. The summed E-state index contributed by atoms with van der Waals surface area (Å²) in [6.45, 7) is 0. The van der Waals surface area contributed by atoms with Crippen LogP contribution in [0.15, 0.2) is 29.8 Å². The average Bonchev–Trinajstić information content (AvgIpc) is 2.74. The molecule has 0 aliphatic heterocycles. The van der Waals surface area contributed by atoms with E-state index in [1.807, 2.05) is 17.5 Å². The summed E-state index contributed by atoms with van der Waals surface area (Å²) in [5.74, 6) is 0.157. The van der Waals surface area contributed by atoms with Crippen LogP contribution in [0.3, 0.4) is 0 Å². The van der Waals surface area contributed by atoms with E-state index in [4.69, 9.17) is 0 Å². The van der Waals surface area contributed by atoms with Crippen molar-refractivity contribution in [1.82, 2.24) is 4.37 Å². The zero-order valence-corrected chi connectivity index (χ0v) is 8.40. The molecule has 4 heteroatoms. The molecular weight excluding hydrogens is 202 g/mol. The molecule has 66 valence electrons. The first-order valence-corrected chi connectivity index (χ1v) is 5.48. The summed E-state index contributed by atoms with van der Waals surface area (Å²) in [4.78, 5) is 13.4. The van der Waals surface area contributed by atoms with Gasteiger partial charge in [-0.15, -0.1) is 11.3 Å². The number of carbonyl (C=O) groups excluding carboxylic acids is 1. The van der Waals surface area contributed by atoms with Gasteiger partial charge in [-0.25, -0.2) is 4.37 Å². The van der Waals surface area contributed by atoms with Crippen molar-refractivity contribution in [1.29, 1.82) is 0 Å². The van der Waals surface area contributed by atoms with E-state index in [0.717, 1.165) is 9.75 Å². The van der Waals surface area contributed by atoms with E-state index >= 15 is 0 Å². The molecule has 0 amide bonds. The molecule has 0 saturated heterocycles. The molecule has 2 heterocycles. The van der Waals surface area contributed by atoms with Crippen LogP contribution in [0.1, 0.15) is 14.5 Å². The molecule has 0 N–H and O–H groups in total. The van der Waals surface area contributed by atoms with Crippen molar-refractivity contribution in [3.8, 4) is 0 Å². The van der Waals surface area contributed by atoms with Crippen LogP contribution in [-0.4, -0.2) is 10.2 Å². The lowest BCUT2D eigenvalue weighted by molar-refractivity contribution is 0.0997. The lowest BCUT2D eigenvalue weighted by atomic mass is 10.2. The number of hydrogen-bond acceptors (Lipinski definition) is 4. The third-order valence-corrected chi connectivity index (χ3v) is 3.29. The fraction of sp³-hybridized carbons (Fsp3) is 0.111. The van der Waals surface area contributed by atoms with E-state index in [2.05, 4.69) is 4.37 Å². The normalized spacial score (nSPS) is 10.2. The summed E-state index contributed by atoms with van der Waals surface area (Å²) in [5.41, 5.74) is 0. The maximum absolute atomic E-state index is 11.6. The van der Waals surface area contributed by atoms with Gasteiger partial charge < -0.3 is 0 Å². The Hall–Kier alpha value is -1.00. The van der Waals surface area contributed by atoms with Crippen molar-refractivity contribution in [3.63, 3.8) is 0 Å². The molecule has 0 unspecified atom stereocenters. The quantitative estimate of drug-likeness (QED) is 0.727. The minimum atomic E-state index is 0.157. The van der Waals surface area contributed by atoms with Crippen molar-refractivity contribution < 1.29 is 4.79 Å². The van der Waals surface area contributed by atoms with Gasteiger partial charge in [-0.2, -0.15) is 0 Å². The highest BCUT2D eigenvalue weighted by Crippen LogP contribution is 2.14. The van der Waals surface area contributed by atoms with E-state index in [-0.39, 0.29) is 5.78 Å². The van der Waals surface area contributed by atoms with Crippen LogP contribution in [0, 0.1) is 0 Å². The Bertz CT molecular complexity index is 378. The van der Waals surface area contributed by atoms with Gasteiger partial charge in [-0.05, 0) is 29.0 Å². The van der Waals surface area contributed by atoms with Gasteiger partial charge in [0.2, 0.25) is 0 Å². The molecular formula is C9H7NOS2. The average molecular weight is 209 g/mol. The van der Waals surface area contributed by atoms with Gasteiger partial charge in [-0.1, -0.05) is 6.07 Å². The zero-order valence-electron chi connectivity index (χ0n) is 6.77. The number of ketones is 1. The Kier molecular flexibility index (Phi) is 2.52. The Labute approximate surface area is 84.0 Å². The minimum absolute atomic E-state index is 0.157. The second-order valence-electron chi connectivity index (χ2n) is 2.56. The molecule has 2 nitrogen and oxygen atoms in total. The highest BCUT2D eigenvalue weighted by Gasteiger charge is 2.08. The largest absolute Gasteiger partial charge is 0.293 e. The molecule has 0 aliphatic rings. The van der Waals surface area contributed by atoms with E-state index in [0.29, 0.717) is 6.42 Å². The molecule has 0 aromatic carbocycles. The summed E-state index contributed by atoms with van der Waals surface area (Å²) in [6, 6.07) is 5.70. The molecule has 0 saturated carbocycles. The monoisotopic (exact) mass is 209 g/mol. The van der Waals surface area contributed by atoms with Crippen LogP contribution >= 0.6 is 22.9 Å². The fourth-order valence-corrected chi connectivity index (χ4v) is 2.25. The van der Waals surface area contributed by atoms with Gasteiger partial charge in [0.1, 0.15) is 0 Å². The van der Waals surface area contributed by atoms with Gasteiger partial charge in [-0.3, -0.25) is 4.79 Å². The first-order valence-electron chi connectivity index (χ1n) is 3.82. The van der Waals surface area contributed by atoms with Gasteiger partial charge in [0, 0.05) is 17.5 Å². The molecule has 0 fully saturated rings. The lowest BCUT2D eigenvalue weighted by Crippen LogP contribution is -1.98. The third kappa shape index (κ3) is 2.02. The van der Waals surface area contributed by atoms with Crippen molar-refractivity contribution in [3.05, 3.63) is 39.5 Å². The molecule has 2 rings (SSSR count). The summed E-state index contributed by atoms with van der Waals surface area (Å²) in [7, 11) is 0. The van der Waals surface area contributed by atoms with Gasteiger partial charge in [0.05, 0.1) is 4.88 Å². The molecule has 2 aromatic heterocycles. The van der Waals surface area contributed by atoms with E-state index in [9.17, 15) is 4.79 Å². The van der Waals surface area contributed by atoms with Crippen LogP contribution in [0.2, 0.25) is 0 Å². The Morgan fingerprint density at radius 1 is 1.46 bits per heavy atom. The van der Waals surface area contributed by atoms with Crippen molar-refractivity contribution in [2.24, 2.45) is 0 Å². The molecule has 0 radical (unpaired) electrons. The molecule has 2 aromatic rings. The Balaban J connectivity index is 2.08. The highest BCUT2D eigenvalue weighted by atomic mass is 32.1. The number of carbonyl (C=O) groups is 1. The maximum atomic E-state index is 11.6. The Morgan fingerprint density at radius 3 is 3.00 bits per heavy atom. The van der Waals surface area contributed by atoms with Crippen molar-refractivity contribution in [2.75, 3.05) is 0 Å². The predicted molar refractivity (Wildman–Crippen MR) is 54.5 cm³/mol. The smallest absolute Gasteiger partial charge is 0.179 e. The van der Waals surface area contributed by atoms with Gasteiger partial charge in [0.15, 0.2) is 5.78 Å². The first kappa shape index (κ1) is 8.59. The van der Waals surface area contributed by atoms with Gasteiger partial charge >= 0.3 is 0 Å². The van der Waals surface area contributed by atoms with Crippen LogP contribution in [0.4, 0.5) is 0 Å². The van der Waals surface area contributed by atoms with Crippen molar-refractivity contribution >= 4 is 28.7 Å². The SMILES string of the molecule is O=C(Cc1cccs1)c1ccns1. The van der Waals surface area contributed by atoms with E-state index in [1.54, 1.807) is 23.6 Å². The number of aromatic nitrogens is 1. The van der Waals surface area contributed by atoms with E-state index < -0.39 is 0 Å². The topological polar surface area (TPSA) is 30.0 Å². The number of hydrogen-bond donors (Lipinski definition) is 0. The number of Topliss-reactive ketones (excluding diaryl/α,β-unsaturated/α-hetero) is 1. The van der Waals surface area contributed by atoms with Crippen LogP contribution in [0.5, 0.6) is 0 Å². The number of thiophene rings is 1. The Morgan fingerprint density at radius 2 is 2.38 bits per heavy atom. The first-order chi connectivity index (χ1) is 6.36.